The summed E-state index contributed by atoms with van der Waals surface area (Å²) in [6.45, 7) is 5.39. The molecule has 0 bridgehead atoms. The van der Waals surface area contributed by atoms with Crippen LogP contribution in [0.1, 0.15) is 24.0 Å². The van der Waals surface area contributed by atoms with Crippen LogP contribution >= 0.6 is 0 Å². The van der Waals surface area contributed by atoms with Gasteiger partial charge in [-0.05, 0) is 37.7 Å². The molecule has 108 valence electrons. The summed E-state index contributed by atoms with van der Waals surface area (Å²) in [5, 5.41) is 3.14. The van der Waals surface area contributed by atoms with Gasteiger partial charge in [-0.2, -0.15) is 0 Å². The van der Waals surface area contributed by atoms with Gasteiger partial charge in [-0.15, -0.1) is 0 Å². The highest BCUT2D eigenvalue weighted by Crippen LogP contribution is 2.18. The molecule has 5 heteroatoms. The molecule has 0 fully saturated rings. The van der Waals surface area contributed by atoms with Gasteiger partial charge in [-0.25, -0.2) is 8.42 Å². The van der Waals surface area contributed by atoms with Crippen LogP contribution in [0.25, 0.3) is 0 Å². The van der Waals surface area contributed by atoms with Gasteiger partial charge in [-0.3, -0.25) is 0 Å². The highest BCUT2D eigenvalue weighted by molar-refractivity contribution is 7.90. The van der Waals surface area contributed by atoms with Crippen LogP contribution < -0.4 is 5.32 Å². The molecule has 20 heavy (non-hydrogen) atoms. The van der Waals surface area contributed by atoms with Gasteiger partial charge in [0.1, 0.15) is 17.3 Å². The van der Waals surface area contributed by atoms with Crippen molar-refractivity contribution in [2.45, 2.75) is 31.0 Å². The first kappa shape index (κ1) is 14.8. The molecule has 0 spiro atoms. The Kier molecular flexibility index (Phi) is 4.62. The Bertz CT molecular complexity index is 657. The number of hydrogen-bond acceptors (Lipinski definition) is 4. The zero-order valence-electron chi connectivity index (χ0n) is 11.7. The van der Waals surface area contributed by atoms with E-state index in [2.05, 4.69) is 5.32 Å². The second-order valence-corrected chi connectivity index (χ2v) is 6.71. The summed E-state index contributed by atoms with van der Waals surface area (Å²) >= 11 is 0. The minimum atomic E-state index is -3.35. The van der Waals surface area contributed by atoms with E-state index in [0.29, 0.717) is 17.2 Å². The van der Waals surface area contributed by atoms with Crippen LogP contribution in [0.4, 0.5) is 0 Å². The van der Waals surface area contributed by atoms with Crippen LogP contribution in [0.2, 0.25) is 0 Å². The van der Waals surface area contributed by atoms with Gasteiger partial charge < -0.3 is 9.73 Å². The van der Waals surface area contributed by atoms with Gasteiger partial charge in [0.25, 0.3) is 0 Å². The third kappa shape index (κ3) is 3.71. The van der Waals surface area contributed by atoms with Gasteiger partial charge in [0.15, 0.2) is 9.84 Å². The molecule has 2 aromatic rings. The Labute approximate surface area is 119 Å². The fourth-order valence-electron chi connectivity index (χ4n) is 1.86. The summed E-state index contributed by atoms with van der Waals surface area (Å²) < 4.78 is 30.0. The standard InChI is InChI=1S/C15H19NO3S/c1-3-16-10-13-6-7-14(19-13)11-20(17,18)15-8-4-12(2)5-9-15/h4-9,16H,3,10-11H2,1-2H3. The predicted octanol–water partition coefficient (Wildman–Crippen LogP) is 2.67. The van der Waals surface area contributed by atoms with Crippen molar-refractivity contribution in [2.75, 3.05) is 6.54 Å². The maximum Gasteiger partial charge on any atom is 0.185 e. The molecule has 0 unspecified atom stereocenters. The molecule has 1 heterocycles. The van der Waals surface area contributed by atoms with E-state index < -0.39 is 9.84 Å². The van der Waals surface area contributed by atoms with E-state index in [-0.39, 0.29) is 5.75 Å². The molecule has 2 rings (SSSR count). The lowest BCUT2D eigenvalue weighted by molar-refractivity contribution is 0.459. The lowest BCUT2D eigenvalue weighted by atomic mass is 10.2. The number of benzene rings is 1. The van der Waals surface area contributed by atoms with Crippen molar-refractivity contribution in [1.82, 2.24) is 5.32 Å². The van der Waals surface area contributed by atoms with Crippen LogP contribution in [0.15, 0.2) is 45.7 Å². The van der Waals surface area contributed by atoms with Gasteiger partial charge in [0.05, 0.1) is 11.4 Å². The maximum atomic E-state index is 12.3. The molecule has 1 aromatic heterocycles. The van der Waals surface area contributed by atoms with Crippen LogP contribution in [0, 0.1) is 6.92 Å². The van der Waals surface area contributed by atoms with Crippen molar-refractivity contribution in [3.05, 3.63) is 53.5 Å². The van der Waals surface area contributed by atoms with Crippen molar-refractivity contribution >= 4 is 9.84 Å². The van der Waals surface area contributed by atoms with Gasteiger partial charge >= 0.3 is 0 Å². The second-order valence-electron chi connectivity index (χ2n) is 4.72. The Morgan fingerprint density at radius 3 is 2.35 bits per heavy atom. The smallest absolute Gasteiger partial charge is 0.185 e. The van der Waals surface area contributed by atoms with Crippen molar-refractivity contribution in [1.29, 1.82) is 0 Å². The van der Waals surface area contributed by atoms with Gasteiger partial charge in [0, 0.05) is 0 Å². The quantitative estimate of drug-likeness (QED) is 0.889. The molecule has 0 saturated heterocycles. The third-order valence-corrected chi connectivity index (χ3v) is 4.63. The number of furan rings is 1. The maximum absolute atomic E-state index is 12.3. The van der Waals surface area contributed by atoms with E-state index in [1.807, 2.05) is 19.9 Å². The average molecular weight is 293 g/mol. The lowest BCUT2D eigenvalue weighted by Gasteiger charge is -2.03. The molecule has 4 nitrogen and oxygen atoms in total. The highest BCUT2D eigenvalue weighted by Gasteiger charge is 2.17. The first-order chi connectivity index (χ1) is 9.51. The van der Waals surface area contributed by atoms with Gasteiger partial charge in [0.2, 0.25) is 0 Å². The minimum absolute atomic E-state index is 0.109. The van der Waals surface area contributed by atoms with Crippen molar-refractivity contribution in [2.24, 2.45) is 0 Å². The zero-order valence-corrected chi connectivity index (χ0v) is 12.5. The molecular weight excluding hydrogens is 274 g/mol. The second kappa shape index (κ2) is 6.24. The number of aryl methyl sites for hydroxylation is 1. The summed E-state index contributed by atoms with van der Waals surface area (Å²) in [7, 11) is -3.35. The first-order valence-electron chi connectivity index (χ1n) is 6.59. The summed E-state index contributed by atoms with van der Waals surface area (Å²) in [5.74, 6) is 1.11. The molecular formula is C15H19NO3S. The minimum Gasteiger partial charge on any atom is -0.464 e. The largest absolute Gasteiger partial charge is 0.464 e. The van der Waals surface area contributed by atoms with Crippen molar-refractivity contribution < 1.29 is 12.8 Å². The Balaban J connectivity index is 2.12. The third-order valence-electron chi connectivity index (χ3n) is 2.98. The first-order valence-corrected chi connectivity index (χ1v) is 8.24. The number of hydrogen-bond donors (Lipinski definition) is 1. The normalized spacial score (nSPS) is 11.7. The summed E-state index contributed by atoms with van der Waals surface area (Å²) in [4.78, 5) is 0.327. The van der Waals surface area contributed by atoms with Crippen LogP contribution in [0.3, 0.4) is 0 Å². The highest BCUT2D eigenvalue weighted by atomic mass is 32.2. The number of rotatable bonds is 6. The van der Waals surface area contributed by atoms with E-state index in [1.165, 1.54) is 0 Å². The predicted molar refractivity (Wildman–Crippen MR) is 78.2 cm³/mol. The van der Waals surface area contributed by atoms with Crippen LogP contribution in [0.5, 0.6) is 0 Å². The molecule has 0 amide bonds. The molecule has 0 aliphatic rings. The van der Waals surface area contributed by atoms with Gasteiger partial charge in [-0.1, -0.05) is 24.6 Å². The van der Waals surface area contributed by atoms with Crippen LogP contribution in [-0.2, 0) is 22.1 Å². The average Bonchev–Trinajstić information content (AvgIpc) is 2.83. The molecule has 1 aromatic carbocycles. The van der Waals surface area contributed by atoms with Crippen molar-refractivity contribution in [3.63, 3.8) is 0 Å². The SMILES string of the molecule is CCNCc1ccc(CS(=O)(=O)c2ccc(C)cc2)o1. The summed E-state index contributed by atoms with van der Waals surface area (Å²) in [6.07, 6.45) is 0. The van der Waals surface area contributed by atoms with E-state index >= 15 is 0 Å². The Morgan fingerprint density at radius 1 is 1.05 bits per heavy atom. The monoisotopic (exact) mass is 293 g/mol. The summed E-state index contributed by atoms with van der Waals surface area (Å²) in [6, 6.07) is 10.4. The van der Waals surface area contributed by atoms with E-state index in [0.717, 1.165) is 17.9 Å². The fraction of sp³-hybridized carbons (Fsp3) is 0.333. The van der Waals surface area contributed by atoms with Crippen molar-refractivity contribution in [3.8, 4) is 0 Å². The fourth-order valence-corrected chi connectivity index (χ4v) is 3.11. The topological polar surface area (TPSA) is 59.3 Å². The lowest BCUT2D eigenvalue weighted by Crippen LogP contribution is -2.10. The number of nitrogens with one attached hydrogen (secondary N) is 1. The number of sulfone groups is 1. The van der Waals surface area contributed by atoms with Crippen LogP contribution in [-0.4, -0.2) is 15.0 Å². The van der Waals surface area contributed by atoms with E-state index in [9.17, 15) is 8.42 Å². The molecule has 1 N–H and O–H groups in total. The molecule has 0 aliphatic carbocycles. The van der Waals surface area contributed by atoms with E-state index in [1.54, 1.807) is 30.3 Å². The van der Waals surface area contributed by atoms with E-state index in [4.69, 9.17) is 4.42 Å². The Morgan fingerprint density at radius 2 is 1.70 bits per heavy atom. The Hall–Kier alpha value is -1.59. The molecule has 0 radical (unpaired) electrons. The molecule has 0 aliphatic heterocycles. The molecule has 0 atom stereocenters. The molecule has 0 saturated carbocycles. The summed E-state index contributed by atoms with van der Waals surface area (Å²) in [5.41, 5.74) is 1.04. The zero-order chi connectivity index (χ0) is 14.6.